The largest absolute Gasteiger partial charge is 0.466 e. The number of nitrogens with one attached hydrogen (secondary N) is 1. The van der Waals surface area contributed by atoms with E-state index in [4.69, 9.17) is 23.7 Å². The van der Waals surface area contributed by atoms with Crippen molar-refractivity contribution in [3.05, 3.63) is 59.2 Å². The van der Waals surface area contributed by atoms with E-state index in [1.807, 2.05) is 13.8 Å². The number of allylic oxidation sites excluding steroid dienone is 2. The number of hydrogen-bond donors (Lipinski definition) is 4. The Balaban J connectivity index is 1.27. The molecular formula is C58H89NO13. The fraction of sp³-hybridized carbons (Fsp3) is 0.741. The van der Waals surface area contributed by atoms with E-state index in [9.17, 15) is 39.3 Å². The molecule has 404 valence electrons. The number of aliphatic hydroxyl groups is 3. The summed E-state index contributed by atoms with van der Waals surface area (Å²) in [6.07, 6.45) is 12.8. The summed E-state index contributed by atoms with van der Waals surface area (Å²) < 4.78 is 29.2. The lowest BCUT2D eigenvalue weighted by atomic mass is 9.40. The van der Waals surface area contributed by atoms with Gasteiger partial charge >= 0.3 is 24.0 Å². The van der Waals surface area contributed by atoms with Gasteiger partial charge in [-0.1, -0.05) is 135 Å². The Kier molecular flexibility index (Phi) is 20.7. The van der Waals surface area contributed by atoms with Crippen molar-refractivity contribution in [3.8, 4) is 0 Å². The lowest BCUT2D eigenvalue weighted by Gasteiger charge is -2.68. The average molecular weight is 1010 g/mol. The maximum Gasteiger partial charge on any atom is 0.408 e. The van der Waals surface area contributed by atoms with Gasteiger partial charge in [0.05, 0.1) is 49.3 Å². The molecule has 1 aromatic rings. The van der Waals surface area contributed by atoms with E-state index in [-0.39, 0.29) is 37.5 Å². The number of Topliss-reactive ketones (excluding diaryl/α,β-unsaturated/α-hetero) is 1. The molecule has 0 aromatic heterocycles. The first-order valence-corrected chi connectivity index (χ1v) is 27.1. The molecule has 3 aliphatic carbocycles. The molecule has 72 heavy (non-hydrogen) atoms. The van der Waals surface area contributed by atoms with Crippen LogP contribution in [0.4, 0.5) is 4.79 Å². The summed E-state index contributed by atoms with van der Waals surface area (Å²) in [7, 11) is 0. The number of hydrogen-bond acceptors (Lipinski definition) is 13. The van der Waals surface area contributed by atoms with Crippen molar-refractivity contribution >= 4 is 29.8 Å². The molecule has 4 aliphatic rings. The number of ether oxygens (including phenoxy) is 5. The van der Waals surface area contributed by atoms with Crippen molar-refractivity contribution in [2.45, 2.75) is 233 Å². The lowest BCUT2D eigenvalue weighted by Crippen LogP contribution is -2.75. The van der Waals surface area contributed by atoms with Gasteiger partial charge < -0.3 is 44.3 Å². The molecule has 3 fully saturated rings. The van der Waals surface area contributed by atoms with Crippen LogP contribution in [0.3, 0.4) is 0 Å². The van der Waals surface area contributed by atoms with Crippen LogP contribution in [0.1, 0.15) is 196 Å². The zero-order valence-corrected chi connectivity index (χ0v) is 45.2. The molecule has 5 rings (SSSR count). The fourth-order valence-electron chi connectivity index (χ4n) is 12.5. The normalized spacial score (nSPS) is 29.7. The zero-order valence-electron chi connectivity index (χ0n) is 45.2. The Morgan fingerprint density at radius 3 is 2.03 bits per heavy atom. The maximum atomic E-state index is 14.9. The summed E-state index contributed by atoms with van der Waals surface area (Å²) in [5, 5.41) is 39.8. The van der Waals surface area contributed by atoms with Crippen molar-refractivity contribution in [3.63, 3.8) is 0 Å². The van der Waals surface area contributed by atoms with Crippen LogP contribution in [0, 0.1) is 28.1 Å². The van der Waals surface area contributed by atoms with Gasteiger partial charge in [0, 0.05) is 23.7 Å². The topological polar surface area (TPSA) is 204 Å². The molecule has 1 aliphatic heterocycles. The van der Waals surface area contributed by atoms with E-state index in [1.165, 1.54) is 38.5 Å². The molecule has 1 saturated heterocycles. The molecule has 14 nitrogen and oxygen atoms in total. The summed E-state index contributed by atoms with van der Waals surface area (Å²) in [6.45, 7) is 18.5. The number of aliphatic hydroxyl groups excluding tert-OH is 2. The van der Waals surface area contributed by atoms with Crippen molar-refractivity contribution < 1.29 is 63.0 Å². The summed E-state index contributed by atoms with van der Waals surface area (Å²) >= 11 is 0. The van der Waals surface area contributed by atoms with Crippen LogP contribution in [0.15, 0.2) is 53.6 Å². The second kappa shape index (κ2) is 25.4. The second-order valence-electron chi connectivity index (χ2n) is 23.3. The third-order valence-corrected chi connectivity index (χ3v) is 16.6. The Bertz CT molecular complexity index is 2060. The number of ketones is 1. The van der Waals surface area contributed by atoms with Crippen molar-refractivity contribution in [2.24, 2.45) is 28.1 Å². The maximum absolute atomic E-state index is 14.9. The first kappa shape index (κ1) is 58.8. The van der Waals surface area contributed by atoms with Crippen molar-refractivity contribution in [2.75, 3.05) is 13.2 Å². The monoisotopic (exact) mass is 1010 g/mol. The standard InChI is InChI=1S/C58H89NO13/c1-11-12-13-14-15-16-17-18-19-20-21-22-23-24-25-29-34-68-44(61)32-33-45(62)71-49(47(40-30-27-26-28-31-40)59-53(66)72-54(4,5)6)52(65)70-41-36-58(67)39(3)50-56(9)37-69-43(56)35-42(60)57(50,10)51(64)48(63)46(38(41)2)55(58,7)8/h18-19,26-28,30-31,39,41-43,47-50,60,63,67H,11-17,20-25,29,32-37H2,1-10H3,(H,59,66)/b19-18-/t39-,41-,42-,43+,47-,48+,49+,50+,56+,57+,58+/m0/s1. The highest BCUT2D eigenvalue weighted by Crippen LogP contribution is 2.67. The number of carbonyl (C=O) groups excluding carboxylic acids is 5. The summed E-state index contributed by atoms with van der Waals surface area (Å²) in [6, 6.07) is 7.03. The predicted molar refractivity (Wildman–Crippen MR) is 274 cm³/mol. The van der Waals surface area contributed by atoms with Gasteiger partial charge in [-0.15, -0.1) is 0 Å². The molecule has 4 N–H and O–H groups in total. The average Bonchev–Trinajstić information content (AvgIpc) is 3.31. The molecule has 1 aromatic carbocycles. The van der Waals surface area contributed by atoms with Crippen LogP contribution < -0.4 is 5.32 Å². The number of alkyl carbamates (subject to hydrolysis) is 1. The van der Waals surface area contributed by atoms with Crippen molar-refractivity contribution in [1.29, 1.82) is 0 Å². The minimum atomic E-state index is -1.84. The predicted octanol–water partition coefficient (Wildman–Crippen LogP) is 10.3. The van der Waals surface area contributed by atoms with E-state index in [0.29, 0.717) is 24.2 Å². The zero-order chi connectivity index (χ0) is 53.1. The van der Waals surface area contributed by atoms with Gasteiger partial charge in [0.25, 0.3) is 0 Å². The van der Waals surface area contributed by atoms with E-state index < -0.39 is 106 Å². The first-order valence-electron chi connectivity index (χ1n) is 27.1. The van der Waals surface area contributed by atoms with Crippen molar-refractivity contribution in [1.82, 2.24) is 5.32 Å². The van der Waals surface area contributed by atoms with Crippen LogP contribution in [0.5, 0.6) is 0 Å². The minimum Gasteiger partial charge on any atom is -0.466 e. The van der Waals surface area contributed by atoms with Gasteiger partial charge in [0.15, 0.2) is 5.78 Å². The number of rotatable bonds is 25. The third-order valence-electron chi connectivity index (χ3n) is 16.6. The molecule has 0 radical (unpaired) electrons. The number of carbonyl (C=O) groups is 5. The van der Waals surface area contributed by atoms with Gasteiger partial charge in [-0.3, -0.25) is 14.4 Å². The Labute approximate surface area is 429 Å². The van der Waals surface area contributed by atoms with Gasteiger partial charge in [-0.2, -0.15) is 0 Å². The minimum absolute atomic E-state index is 0.172. The second-order valence-corrected chi connectivity index (χ2v) is 23.3. The van der Waals surface area contributed by atoms with E-state index in [1.54, 1.807) is 78.8 Å². The highest BCUT2D eigenvalue weighted by molar-refractivity contribution is 5.93. The summed E-state index contributed by atoms with van der Waals surface area (Å²) in [5.41, 5.74) is -5.11. The van der Waals surface area contributed by atoms with Crippen LogP contribution in [0.2, 0.25) is 0 Å². The molecular weight excluding hydrogens is 919 g/mol. The van der Waals surface area contributed by atoms with E-state index in [0.717, 1.165) is 44.9 Å². The molecule has 14 heteroatoms. The molecule has 2 saturated carbocycles. The number of fused-ring (bicyclic) bond motifs is 5. The van der Waals surface area contributed by atoms with Gasteiger partial charge in [-0.25, -0.2) is 9.59 Å². The molecule has 0 spiro atoms. The van der Waals surface area contributed by atoms with Crippen LogP contribution in [0.25, 0.3) is 0 Å². The molecule has 2 bridgehead atoms. The van der Waals surface area contributed by atoms with E-state index in [2.05, 4.69) is 24.4 Å². The Morgan fingerprint density at radius 1 is 0.861 bits per heavy atom. The Hall–Kier alpha value is -4.11. The van der Waals surface area contributed by atoms with Gasteiger partial charge in [0.1, 0.15) is 23.9 Å². The quantitative estimate of drug-likeness (QED) is 0.0312. The molecule has 11 atom stereocenters. The molecule has 1 heterocycles. The summed E-state index contributed by atoms with van der Waals surface area (Å²) in [4.78, 5) is 69.7. The lowest BCUT2D eigenvalue weighted by molar-refractivity contribution is -0.302. The van der Waals surface area contributed by atoms with Crippen LogP contribution in [-0.4, -0.2) is 100 Å². The number of esters is 3. The third kappa shape index (κ3) is 13.6. The smallest absolute Gasteiger partial charge is 0.408 e. The first-order chi connectivity index (χ1) is 33.9. The number of benzene rings is 1. The highest BCUT2D eigenvalue weighted by Gasteiger charge is 2.73. The van der Waals surface area contributed by atoms with Gasteiger partial charge in [-0.05, 0) is 95.3 Å². The van der Waals surface area contributed by atoms with E-state index >= 15 is 0 Å². The Morgan fingerprint density at radius 2 is 1.44 bits per heavy atom. The summed E-state index contributed by atoms with van der Waals surface area (Å²) in [5.74, 6) is -4.56. The molecule has 1 amide bonds. The SMILES string of the molecule is CCCCCCCC/C=C\CCCCCCCCOC(=O)CCC(=O)O[C@@H](C(=O)O[C@H]1C[C@@]2(O)[C@@H](C)[C@@H]3[C@]4(C)CO[C@@H]4C[C@H](O)[C@@]3(C)C(=O)[C@H](O)C(=C1C)C2(C)C)[C@@H](NC(=O)OC(C)(C)C)c1ccccc1. The highest BCUT2D eigenvalue weighted by atomic mass is 16.6. The molecule has 0 unspecified atom stereocenters. The number of amides is 1. The van der Waals surface area contributed by atoms with Crippen LogP contribution in [-0.2, 0) is 42.9 Å². The number of unbranched alkanes of at least 4 members (excludes halogenated alkanes) is 12. The van der Waals surface area contributed by atoms with Gasteiger partial charge in [0.2, 0.25) is 6.10 Å². The fourth-order valence-corrected chi connectivity index (χ4v) is 12.5. The van der Waals surface area contributed by atoms with Crippen LogP contribution >= 0.6 is 0 Å².